The monoisotopic (exact) mass is 600 g/mol. The molecule has 1 aromatic heterocycles. The average Bonchev–Trinajstić information content (AvgIpc) is 3.32. The summed E-state index contributed by atoms with van der Waals surface area (Å²) in [6.45, 7) is 9.10. The van der Waals surface area contributed by atoms with Gasteiger partial charge in [-0.1, -0.05) is 59.7 Å². The molecule has 10 heteroatoms. The van der Waals surface area contributed by atoms with Crippen molar-refractivity contribution < 1.29 is 19.0 Å². The van der Waals surface area contributed by atoms with Gasteiger partial charge < -0.3 is 19.5 Å². The zero-order chi connectivity index (χ0) is 27.1. The first-order valence-corrected chi connectivity index (χ1v) is 14.6. The van der Waals surface area contributed by atoms with Crippen LogP contribution in [0.4, 0.5) is 5.95 Å². The van der Waals surface area contributed by atoms with Crippen LogP contribution in [-0.4, -0.2) is 39.7 Å². The van der Waals surface area contributed by atoms with Crippen molar-refractivity contribution in [3.8, 4) is 11.5 Å². The second-order valence-electron chi connectivity index (χ2n) is 8.77. The number of benzene rings is 2. The van der Waals surface area contributed by atoms with E-state index < -0.39 is 6.04 Å². The molecule has 202 valence electrons. The number of fused-ring (bicyclic) bond motifs is 1. The summed E-state index contributed by atoms with van der Waals surface area (Å²) in [5, 5.41) is 8.68. The third-order valence-corrected chi connectivity index (χ3v) is 7.39. The standard InChI is InChI=1S/C28H33BrN4O4S/c1-5-14-36-26(34)24-18(4)30-27-31-28(38-15-6-2)32-33(27)25(24)20-10-13-22(23(16-20)35-7-3)37-17-19-8-11-21(29)12-9-19/h8-13,16,25H,5-7,14-15,17H2,1-4H3,(H,30,31,32). The van der Waals surface area contributed by atoms with Crippen LogP contribution in [0.1, 0.15) is 57.7 Å². The Morgan fingerprint density at radius 3 is 2.58 bits per heavy atom. The molecular weight excluding hydrogens is 568 g/mol. The van der Waals surface area contributed by atoms with Gasteiger partial charge in [-0.15, -0.1) is 5.10 Å². The van der Waals surface area contributed by atoms with Crippen LogP contribution in [0.2, 0.25) is 0 Å². The summed E-state index contributed by atoms with van der Waals surface area (Å²) in [6, 6.07) is 13.2. The number of carbonyl (C=O) groups is 1. The van der Waals surface area contributed by atoms with Crippen molar-refractivity contribution in [2.24, 2.45) is 0 Å². The normalized spacial score (nSPS) is 14.6. The van der Waals surface area contributed by atoms with E-state index in [1.807, 2.05) is 63.2 Å². The Labute approximate surface area is 236 Å². The van der Waals surface area contributed by atoms with Crippen LogP contribution in [0.25, 0.3) is 0 Å². The molecule has 1 N–H and O–H groups in total. The summed E-state index contributed by atoms with van der Waals surface area (Å²) in [5.74, 6) is 2.35. The maximum atomic E-state index is 13.3. The Balaban J connectivity index is 1.71. The van der Waals surface area contributed by atoms with Crippen LogP contribution >= 0.6 is 27.7 Å². The van der Waals surface area contributed by atoms with Crippen molar-refractivity contribution in [1.82, 2.24) is 14.8 Å². The third-order valence-electron chi connectivity index (χ3n) is 5.82. The number of thioether (sulfide) groups is 1. The summed E-state index contributed by atoms with van der Waals surface area (Å²) in [5.41, 5.74) is 3.05. The van der Waals surface area contributed by atoms with Crippen molar-refractivity contribution >= 4 is 39.6 Å². The minimum atomic E-state index is -0.529. The van der Waals surface area contributed by atoms with E-state index in [2.05, 4.69) is 33.2 Å². The lowest BCUT2D eigenvalue weighted by molar-refractivity contribution is -0.139. The highest BCUT2D eigenvalue weighted by Gasteiger charge is 2.35. The summed E-state index contributed by atoms with van der Waals surface area (Å²) in [6.07, 6.45) is 1.75. The van der Waals surface area contributed by atoms with Crippen LogP contribution in [-0.2, 0) is 16.1 Å². The topological polar surface area (TPSA) is 87.5 Å². The van der Waals surface area contributed by atoms with Gasteiger partial charge in [-0.25, -0.2) is 9.48 Å². The largest absolute Gasteiger partial charge is 0.490 e. The molecule has 38 heavy (non-hydrogen) atoms. The van der Waals surface area contributed by atoms with Crippen LogP contribution in [0, 0.1) is 0 Å². The number of halogens is 1. The Morgan fingerprint density at radius 2 is 1.87 bits per heavy atom. The first-order valence-electron chi connectivity index (χ1n) is 12.8. The number of carbonyl (C=O) groups excluding carboxylic acids is 1. The maximum Gasteiger partial charge on any atom is 0.338 e. The predicted octanol–water partition coefficient (Wildman–Crippen LogP) is 6.76. The number of rotatable bonds is 12. The fourth-order valence-electron chi connectivity index (χ4n) is 4.05. The second kappa shape index (κ2) is 13.2. The van der Waals surface area contributed by atoms with Crippen LogP contribution < -0.4 is 14.8 Å². The summed E-state index contributed by atoms with van der Waals surface area (Å²) >= 11 is 5.05. The third kappa shape index (κ3) is 6.53. The molecule has 0 aliphatic carbocycles. The Hall–Kier alpha value is -2.98. The number of nitrogens with one attached hydrogen (secondary N) is 1. The lowest BCUT2D eigenvalue weighted by Crippen LogP contribution is -2.29. The van der Waals surface area contributed by atoms with Gasteiger partial charge in [0.05, 0.1) is 18.8 Å². The van der Waals surface area contributed by atoms with Crippen molar-refractivity contribution in [3.05, 3.63) is 69.3 Å². The van der Waals surface area contributed by atoms with Crippen LogP contribution in [0.5, 0.6) is 11.5 Å². The molecule has 1 unspecified atom stereocenters. The molecule has 1 atom stereocenters. The highest BCUT2D eigenvalue weighted by molar-refractivity contribution is 9.10. The molecule has 2 heterocycles. The smallest absolute Gasteiger partial charge is 0.338 e. The molecule has 2 aromatic carbocycles. The number of esters is 1. The molecule has 1 aliphatic heterocycles. The first kappa shape index (κ1) is 28.0. The lowest BCUT2D eigenvalue weighted by atomic mass is 9.95. The number of aromatic nitrogens is 3. The molecule has 0 bridgehead atoms. The van der Waals surface area contributed by atoms with E-state index in [0.717, 1.165) is 34.2 Å². The summed E-state index contributed by atoms with van der Waals surface area (Å²) in [7, 11) is 0. The van der Waals surface area contributed by atoms with Gasteiger partial charge in [-0.2, -0.15) is 4.98 Å². The number of nitrogens with zero attached hydrogens (tertiary/aromatic N) is 3. The molecule has 0 fully saturated rings. The summed E-state index contributed by atoms with van der Waals surface area (Å²) in [4.78, 5) is 17.9. The lowest BCUT2D eigenvalue weighted by Gasteiger charge is -2.28. The zero-order valence-corrected chi connectivity index (χ0v) is 24.5. The molecular formula is C28H33BrN4O4S. The van der Waals surface area contributed by atoms with Gasteiger partial charge in [-0.05, 0) is 62.1 Å². The number of allylic oxidation sites excluding steroid dienone is 1. The van der Waals surface area contributed by atoms with Crippen molar-refractivity contribution in [2.75, 3.05) is 24.3 Å². The van der Waals surface area contributed by atoms with Gasteiger partial charge in [0.25, 0.3) is 0 Å². The Morgan fingerprint density at radius 1 is 1.08 bits per heavy atom. The van der Waals surface area contributed by atoms with E-state index in [9.17, 15) is 4.79 Å². The zero-order valence-electron chi connectivity index (χ0n) is 22.1. The molecule has 8 nitrogen and oxygen atoms in total. The highest BCUT2D eigenvalue weighted by atomic mass is 79.9. The molecule has 0 saturated heterocycles. The summed E-state index contributed by atoms with van der Waals surface area (Å²) < 4.78 is 20.5. The minimum Gasteiger partial charge on any atom is -0.490 e. The fraction of sp³-hybridized carbons (Fsp3) is 0.393. The molecule has 0 spiro atoms. The van der Waals surface area contributed by atoms with Gasteiger partial charge in [-0.3, -0.25) is 0 Å². The molecule has 1 aliphatic rings. The number of hydrogen-bond donors (Lipinski definition) is 1. The van der Waals surface area contributed by atoms with E-state index in [1.54, 1.807) is 16.4 Å². The van der Waals surface area contributed by atoms with E-state index in [-0.39, 0.29) is 5.97 Å². The van der Waals surface area contributed by atoms with E-state index in [1.165, 1.54) is 0 Å². The molecule has 4 rings (SSSR count). The van der Waals surface area contributed by atoms with E-state index >= 15 is 0 Å². The van der Waals surface area contributed by atoms with Gasteiger partial charge in [0, 0.05) is 15.9 Å². The van der Waals surface area contributed by atoms with Crippen LogP contribution in [0.3, 0.4) is 0 Å². The van der Waals surface area contributed by atoms with E-state index in [4.69, 9.17) is 19.3 Å². The highest BCUT2D eigenvalue weighted by Crippen LogP contribution is 2.40. The number of ether oxygens (including phenoxy) is 3. The average molecular weight is 602 g/mol. The van der Waals surface area contributed by atoms with Gasteiger partial charge in [0.15, 0.2) is 11.5 Å². The maximum absolute atomic E-state index is 13.3. The van der Waals surface area contributed by atoms with E-state index in [0.29, 0.717) is 53.7 Å². The minimum absolute atomic E-state index is 0.344. The van der Waals surface area contributed by atoms with Crippen molar-refractivity contribution in [2.45, 2.75) is 58.3 Å². The SMILES string of the molecule is CCCOC(=O)C1=C(C)Nc2nc(SCCC)nn2C1c1ccc(OCc2ccc(Br)cc2)c(OCC)c1. The quantitative estimate of drug-likeness (QED) is 0.180. The second-order valence-corrected chi connectivity index (χ2v) is 10.7. The van der Waals surface area contributed by atoms with Crippen molar-refractivity contribution in [1.29, 1.82) is 0 Å². The Bertz CT molecular complexity index is 1290. The molecule has 3 aromatic rings. The Kier molecular flexibility index (Phi) is 9.74. The molecule has 0 radical (unpaired) electrons. The first-order chi connectivity index (χ1) is 18.4. The van der Waals surface area contributed by atoms with Gasteiger partial charge in [0.1, 0.15) is 12.6 Å². The van der Waals surface area contributed by atoms with Crippen molar-refractivity contribution in [3.63, 3.8) is 0 Å². The predicted molar refractivity (Wildman–Crippen MR) is 153 cm³/mol. The molecule has 0 amide bonds. The van der Waals surface area contributed by atoms with Crippen LogP contribution in [0.15, 0.2) is 63.4 Å². The number of anilines is 1. The number of hydrogen-bond acceptors (Lipinski definition) is 8. The fourth-order valence-corrected chi connectivity index (χ4v) is 5.00. The molecule has 0 saturated carbocycles. The van der Waals surface area contributed by atoms with Gasteiger partial charge in [0.2, 0.25) is 11.1 Å². The van der Waals surface area contributed by atoms with Gasteiger partial charge >= 0.3 is 5.97 Å².